The summed E-state index contributed by atoms with van der Waals surface area (Å²) in [5.74, 6) is 2.30. The van der Waals surface area contributed by atoms with Gasteiger partial charge in [-0.3, -0.25) is 9.89 Å². The summed E-state index contributed by atoms with van der Waals surface area (Å²) in [6, 6.07) is 8.08. The van der Waals surface area contributed by atoms with Gasteiger partial charge in [-0.25, -0.2) is 4.98 Å². The zero-order valence-corrected chi connectivity index (χ0v) is 14.0. The van der Waals surface area contributed by atoms with Gasteiger partial charge in [0.05, 0.1) is 0 Å². The topological polar surface area (TPSA) is 73.9 Å². The lowest BCUT2D eigenvalue weighted by Crippen LogP contribution is -2.46. The molecule has 126 valence electrons. The second-order valence-corrected chi connectivity index (χ2v) is 6.71. The van der Waals surface area contributed by atoms with Crippen molar-refractivity contribution >= 4 is 5.91 Å². The highest BCUT2D eigenvalue weighted by molar-refractivity contribution is 5.84. The number of hydrogen-bond donors (Lipinski definition) is 2. The van der Waals surface area contributed by atoms with E-state index in [1.165, 1.54) is 5.56 Å². The van der Waals surface area contributed by atoms with Crippen LogP contribution < -0.4 is 5.32 Å². The summed E-state index contributed by atoms with van der Waals surface area (Å²) in [5.41, 5.74) is 2.43. The van der Waals surface area contributed by atoms with Crippen molar-refractivity contribution in [1.29, 1.82) is 0 Å². The van der Waals surface area contributed by atoms with Crippen molar-refractivity contribution in [2.75, 3.05) is 19.6 Å². The summed E-state index contributed by atoms with van der Waals surface area (Å²) < 4.78 is 0. The fraction of sp³-hybridized carbons (Fsp3) is 0.500. The van der Waals surface area contributed by atoms with E-state index in [9.17, 15) is 4.79 Å². The highest BCUT2D eigenvalue weighted by Gasteiger charge is 2.32. The molecular weight excluding hydrogens is 302 g/mol. The molecule has 3 heterocycles. The first-order valence-corrected chi connectivity index (χ1v) is 8.71. The van der Waals surface area contributed by atoms with Crippen molar-refractivity contribution in [3.05, 3.63) is 47.0 Å². The van der Waals surface area contributed by atoms with Gasteiger partial charge in [0.25, 0.3) is 0 Å². The average Bonchev–Trinajstić information content (AvgIpc) is 3.07. The molecule has 0 unspecified atom stereocenters. The molecule has 0 spiro atoms. The number of aromatic amines is 1. The first kappa shape index (κ1) is 15.3. The van der Waals surface area contributed by atoms with Crippen molar-refractivity contribution in [1.82, 2.24) is 25.4 Å². The normalized spacial score (nSPS) is 21.5. The maximum atomic E-state index is 13.0. The van der Waals surface area contributed by atoms with Gasteiger partial charge >= 0.3 is 0 Å². The number of nitrogens with one attached hydrogen (secondary N) is 2. The van der Waals surface area contributed by atoms with E-state index in [1.54, 1.807) is 0 Å². The summed E-state index contributed by atoms with van der Waals surface area (Å²) in [6.07, 6.45) is 2.85. The Morgan fingerprint density at radius 3 is 2.79 bits per heavy atom. The van der Waals surface area contributed by atoms with Crippen LogP contribution in [-0.4, -0.2) is 45.6 Å². The van der Waals surface area contributed by atoms with Crippen LogP contribution in [0.25, 0.3) is 0 Å². The van der Waals surface area contributed by atoms with E-state index >= 15 is 0 Å². The number of nitrogens with zero attached hydrogens (tertiary/aromatic N) is 3. The number of amides is 1. The van der Waals surface area contributed by atoms with Crippen molar-refractivity contribution in [3.63, 3.8) is 0 Å². The van der Waals surface area contributed by atoms with Gasteiger partial charge in [-0.05, 0) is 37.3 Å². The third-order valence-corrected chi connectivity index (χ3v) is 5.14. The minimum absolute atomic E-state index is 0.197. The number of aryl methyl sites for hydroxylation is 1. The van der Waals surface area contributed by atoms with Crippen LogP contribution in [0.3, 0.4) is 0 Å². The Kier molecular flexibility index (Phi) is 4.06. The van der Waals surface area contributed by atoms with Crippen LogP contribution in [0.4, 0.5) is 0 Å². The number of fused-ring (bicyclic) bond motifs is 1. The summed E-state index contributed by atoms with van der Waals surface area (Å²) in [6.45, 7) is 4.33. The van der Waals surface area contributed by atoms with Gasteiger partial charge < -0.3 is 10.2 Å². The lowest BCUT2D eigenvalue weighted by atomic mass is 9.91. The van der Waals surface area contributed by atoms with Crippen molar-refractivity contribution in [2.24, 2.45) is 0 Å². The minimum Gasteiger partial charge on any atom is -0.341 e. The maximum Gasteiger partial charge on any atom is 0.244 e. The second kappa shape index (κ2) is 6.36. The molecule has 1 amide bonds. The maximum absolute atomic E-state index is 13.0. The molecule has 1 aromatic carbocycles. The molecule has 0 saturated carbocycles. The Labute approximate surface area is 141 Å². The molecule has 2 aromatic rings. The van der Waals surface area contributed by atoms with E-state index in [1.807, 2.05) is 17.9 Å². The fourth-order valence-electron chi connectivity index (χ4n) is 3.81. The van der Waals surface area contributed by atoms with Crippen molar-refractivity contribution < 1.29 is 4.79 Å². The zero-order chi connectivity index (χ0) is 16.5. The summed E-state index contributed by atoms with van der Waals surface area (Å²) in [4.78, 5) is 19.4. The lowest BCUT2D eigenvalue weighted by molar-refractivity contribution is -0.134. The molecule has 0 bridgehead atoms. The number of benzene rings is 1. The third-order valence-electron chi connectivity index (χ3n) is 5.14. The standard InChI is InChI=1S/C18H23N5O/c1-12-20-17(22-21-12)14-7-10-23(11-8-14)18(24)16-15-5-3-2-4-13(15)6-9-19-16/h2-5,14,16,19H,6-11H2,1H3,(H,20,21,22)/t16-/m1/s1. The van der Waals surface area contributed by atoms with E-state index in [2.05, 4.69) is 38.7 Å². The number of rotatable bonds is 2. The highest BCUT2D eigenvalue weighted by atomic mass is 16.2. The Hall–Kier alpha value is -2.21. The van der Waals surface area contributed by atoms with Crippen LogP contribution in [0.2, 0.25) is 0 Å². The predicted molar refractivity (Wildman–Crippen MR) is 90.6 cm³/mol. The number of likely N-dealkylation sites (tertiary alicyclic amines) is 1. The third kappa shape index (κ3) is 2.82. The van der Waals surface area contributed by atoms with Crippen LogP contribution in [0, 0.1) is 6.92 Å². The Morgan fingerprint density at radius 1 is 1.25 bits per heavy atom. The van der Waals surface area contributed by atoms with Gasteiger partial charge in [-0.1, -0.05) is 24.3 Å². The SMILES string of the molecule is Cc1nc(C2CCN(C(=O)[C@@H]3NCCc4ccccc43)CC2)n[nH]1. The lowest BCUT2D eigenvalue weighted by Gasteiger charge is -2.35. The number of carbonyl (C=O) groups excluding carboxylic acids is 1. The molecule has 24 heavy (non-hydrogen) atoms. The van der Waals surface area contributed by atoms with E-state index in [0.29, 0.717) is 5.92 Å². The van der Waals surface area contributed by atoms with Crippen LogP contribution in [0.1, 0.15) is 47.6 Å². The van der Waals surface area contributed by atoms with E-state index in [0.717, 1.165) is 56.1 Å². The Balaban J connectivity index is 1.44. The summed E-state index contributed by atoms with van der Waals surface area (Å²) in [5, 5.41) is 10.6. The Morgan fingerprint density at radius 2 is 2.04 bits per heavy atom. The molecule has 6 heteroatoms. The number of hydrogen-bond acceptors (Lipinski definition) is 4. The molecular formula is C18H23N5O. The predicted octanol–water partition coefficient (Wildman–Crippen LogP) is 1.71. The van der Waals surface area contributed by atoms with Crippen LogP contribution in [0.15, 0.2) is 24.3 Å². The molecule has 4 rings (SSSR count). The summed E-state index contributed by atoms with van der Waals surface area (Å²) in [7, 11) is 0. The molecule has 1 saturated heterocycles. The number of piperidine rings is 1. The molecule has 0 radical (unpaired) electrons. The second-order valence-electron chi connectivity index (χ2n) is 6.71. The van der Waals surface area contributed by atoms with E-state index in [-0.39, 0.29) is 11.9 Å². The van der Waals surface area contributed by atoms with Crippen molar-refractivity contribution in [3.8, 4) is 0 Å². The Bertz CT molecular complexity index is 733. The van der Waals surface area contributed by atoms with Gasteiger partial charge in [0.1, 0.15) is 11.9 Å². The smallest absolute Gasteiger partial charge is 0.244 e. The van der Waals surface area contributed by atoms with Crippen LogP contribution in [0.5, 0.6) is 0 Å². The van der Waals surface area contributed by atoms with Gasteiger partial charge in [0.15, 0.2) is 5.82 Å². The monoisotopic (exact) mass is 325 g/mol. The molecule has 2 aliphatic heterocycles. The first-order chi connectivity index (χ1) is 11.7. The number of H-pyrrole nitrogens is 1. The molecule has 0 aliphatic carbocycles. The molecule has 1 aromatic heterocycles. The minimum atomic E-state index is -0.197. The van der Waals surface area contributed by atoms with Crippen LogP contribution >= 0.6 is 0 Å². The van der Waals surface area contributed by atoms with Gasteiger partial charge in [0, 0.05) is 25.6 Å². The molecule has 1 atom stereocenters. The molecule has 6 nitrogen and oxygen atoms in total. The van der Waals surface area contributed by atoms with E-state index in [4.69, 9.17) is 0 Å². The van der Waals surface area contributed by atoms with Gasteiger partial charge in [-0.2, -0.15) is 5.10 Å². The quantitative estimate of drug-likeness (QED) is 0.881. The van der Waals surface area contributed by atoms with E-state index < -0.39 is 0 Å². The fourth-order valence-corrected chi connectivity index (χ4v) is 3.81. The molecule has 1 fully saturated rings. The molecule has 2 N–H and O–H groups in total. The highest BCUT2D eigenvalue weighted by Crippen LogP contribution is 2.29. The van der Waals surface area contributed by atoms with Gasteiger partial charge in [0.2, 0.25) is 5.91 Å². The molecule has 2 aliphatic rings. The zero-order valence-electron chi connectivity index (χ0n) is 14.0. The van der Waals surface area contributed by atoms with Crippen molar-refractivity contribution in [2.45, 2.75) is 38.1 Å². The van der Waals surface area contributed by atoms with Crippen LogP contribution in [-0.2, 0) is 11.2 Å². The number of carbonyl (C=O) groups is 1. The number of aromatic nitrogens is 3. The first-order valence-electron chi connectivity index (χ1n) is 8.71. The summed E-state index contributed by atoms with van der Waals surface area (Å²) >= 11 is 0. The average molecular weight is 325 g/mol. The van der Waals surface area contributed by atoms with Gasteiger partial charge in [-0.15, -0.1) is 0 Å². The largest absolute Gasteiger partial charge is 0.341 e.